The Morgan fingerprint density at radius 1 is 1.22 bits per heavy atom. The van der Waals surface area contributed by atoms with E-state index in [2.05, 4.69) is 22.0 Å². The van der Waals surface area contributed by atoms with Crippen LogP contribution in [0.5, 0.6) is 0 Å². The number of aromatic nitrogens is 2. The van der Waals surface area contributed by atoms with Crippen molar-refractivity contribution < 1.29 is 9.53 Å². The Bertz CT molecular complexity index is 959. The molecule has 0 unspecified atom stereocenters. The van der Waals surface area contributed by atoms with Crippen molar-refractivity contribution in [2.45, 2.75) is 25.3 Å². The summed E-state index contributed by atoms with van der Waals surface area (Å²) in [7, 11) is 0. The Kier molecular flexibility index (Phi) is 4.93. The van der Waals surface area contributed by atoms with Crippen LogP contribution in [0.2, 0.25) is 0 Å². The number of nitrogens with one attached hydrogen (secondary N) is 1. The number of nitrogens with zero attached hydrogens (tertiary/aromatic N) is 3. The molecule has 3 aromatic rings. The van der Waals surface area contributed by atoms with E-state index in [0.29, 0.717) is 18.0 Å². The second-order valence-corrected chi connectivity index (χ2v) is 6.74. The topological polar surface area (TPSA) is 85.6 Å². The predicted octanol–water partition coefficient (Wildman–Crippen LogP) is 3.39. The van der Waals surface area contributed by atoms with Crippen molar-refractivity contribution in [3.05, 3.63) is 70.4 Å². The molecule has 1 saturated heterocycles. The second-order valence-electron chi connectivity index (χ2n) is 6.74. The Morgan fingerprint density at radius 2 is 2.00 bits per heavy atom. The summed E-state index contributed by atoms with van der Waals surface area (Å²) in [6.07, 6.45) is 6.11. The summed E-state index contributed by atoms with van der Waals surface area (Å²) in [5.41, 5.74) is 5.55. The van der Waals surface area contributed by atoms with Crippen molar-refractivity contribution in [2.75, 3.05) is 13.2 Å². The monoisotopic (exact) mass is 364 g/mol. The molecule has 27 heavy (non-hydrogen) atoms. The zero-order valence-corrected chi connectivity index (χ0v) is 14.8. The number of hydrogen-bond donors (Lipinski definition) is 1. The molecule has 0 spiro atoms. The number of ether oxygens (including phenoxy) is 1. The predicted molar refractivity (Wildman–Crippen MR) is 101 cm³/mol. The Balaban J connectivity index is 1.52. The molecule has 1 aliphatic rings. The lowest BCUT2D eigenvalue weighted by Gasteiger charge is -2.22. The van der Waals surface area contributed by atoms with E-state index in [0.717, 1.165) is 42.7 Å². The number of carbonyl (C=O) groups is 1. The molecule has 138 valence electrons. The maximum atomic E-state index is 11.6. The molecule has 1 aliphatic heterocycles. The fourth-order valence-corrected chi connectivity index (χ4v) is 3.54. The quantitative estimate of drug-likeness (QED) is 0.555. The molecular weight excluding hydrogens is 344 g/mol. The fraction of sp³-hybridized carbons (Fsp3) is 0.300. The van der Waals surface area contributed by atoms with Gasteiger partial charge in [-0.2, -0.15) is 0 Å². The van der Waals surface area contributed by atoms with E-state index in [1.807, 2.05) is 30.0 Å². The summed E-state index contributed by atoms with van der Waals surface area (Å²) >= 11 is 0. The van der Waals surface area contributed by atoms with Crippen LogP contribution in [0.1, 0.15) is 40.2 Å². The molecule has 7 heteroatoms. The van der Waals surface area contributed by atoms with E-state index in [4.69, 9.17) is 9.72 Å². The largest absolute Gasteiger partial charge is 0.381 e. The molecule has 4 rings (SSSR count). The van der Waals surface area contributed by atoms with Crippen molar-refractivity contribution in [3.8, 4) is 0 Å². The van der Waals surface area contributed by atoms with Gasteiger partial charge in [0.05, 0.1) is 5.29 Å². The highest BCUT2D eigenvalue weighted by molar-refractivity contribution is 5.93. The molecule has 0 radical (unpaired) electrons. The number of fused-ring (bicyclic) bond motifs is 1. The summed E-state index contributed by atoms with van der Waals surface area (Å²) in [4.78, 5) is 26.4. The third kappa shape index (κ3) is 3.73. The number of carbonyl (C=O) groups excluding carboxylic acids is 1. The second kappa shape index (κ2) is 7.67. The number of benzene rings is 1. The van der Waals surface area contributed by atoms with Crippen molar-refractivity contribution >= 4 is 16.9 Å². The van der Waals surface area contributed by atoms with E-state index >= 15 is 0 Å². The van der Waals surface area contributed by atoms with Gasteiger partial charge in [0, 0.05) is 43.1 Å². The van der Waals surface area contributed by atoms with Gasteiger partial charge in [-0.1, -0.05) is 12.1 Å². The first kappa shape index (κ1) is 17.4. The highest BCUT2D eigenvalue weighted by Gasteiger charge is 2.17. The van der Waals surface area contributed by atoms with Gasteiger partial charge in [-0.15, -0.1) is 4.91 Å². The Labute approximate surface area is 156 Å². The molecule has 0 saturated carbocycles. The summed E-state index contributed by atoms with van der Waals surface area (Å²) in [5.74, 6) is 0.0174. The normalized spacial score (nSPS) is 15.0. The summed E-state index contributed by atoms with van der Waals surface area (Å²) in [5, 5.41) is 3.53. The van der Waals surface area contributed by atoms with Gasteiger partial charge >= 0.3 is 0 Å². The molecule has 0 atom stereocenters. The molecule has 7 nitrogen and oxygen atoms in total. The van der Waals surface area contributed by atoms with E-state index in [1.165, 1.54) is 5.56 Å². The van der Waals surface area contributed by atoms with E-state index in [-0.39, 0.29) is 0 Å². The molecular formula is C20H20N4O3. The molecule has 0 aliphatic carbocycles. The van der Waals surface area contributed by atoms with Crippen LogP contribution in [0, 0.1) is 4.91 Å². The number of rotatable bonds is 5. The zero-order valence-electron chi connectivity index (χ0n) is 14.8. The highest BCUT2D eigenvalue weighted by atomic mass is 16.5. The van der Waals surface area contributed by atoms with Gasteiger partial charge in [-0.25, -0.2) is 10.4 Å². The van der Waals surface area contributed by atoms with Gasteiger partial charge in [0.25, 0.3) is 5.91 Å². The summed E-state index contributed by atoms with van der Waals surface area (Å²) in [6.45, 7) is 2.29. The van der Waals surface area contributed by atoms with Gasteiger partial charge in [-0.05, 0) is 54.2 Å². The fourth-order valence-electron chi connectivity index (χ4n) is 3.54. The van der Waals surface area contributed by atoms with Gasteiger partial charge in [-0.3, -0.25) is 4.79 Å². The zero-order chi connectivity index (χ0) is 18.6. The van der Waals surface area contributed by atoms with Crippen LogP contribution in [-0.4, -0.2) is 28.7 Å². The first-order chi connectivity index (χ1) is 13.2. The summed E-state index contributed by atoms with van der Waals surface area (Å²) < 4.78 is 7.53. The number of pyridine rings is 1. The van der Waals surface area contributed by atoms with E-state index in [9.17, 15) is 9.70 Å². The first-order valence-corrected chi connectivity index (χ1v) is 8.99. The lowest BCUT2D eigenvalue weighted by atomic mass is 9.92. The third-order valence-electron chi connectivity index (χ3n) is 5.03. The molecule has 1 aromatic carbocycles. The van der Waals surface area contributed by atoms with Crippen LogP contribution in [0.25, 0.3) is 11.0 Å². The minimum Gasteiger partial charge on any atom is -0.381 e. The smallest absolute Gasteiger partial charge is 0.273 e. The van der Waals surface area contributed by atoms with Gasteiger partial charge in [0.2, 0.25) is 0 Å². The molecule has 0 bridgehead atoms. The lowest BCUT2D eigenvalue weighted by Crippen LogP contribution is -2.16. The van der Waals surface area contributed by atoms with E-state index in [1.54, 1.807) is 12.1 Å². The van der Waals surface area contributed by atoms with Crippen molar-refractivity contribution in [1.82, 2.24) is 15.0 Å². The van der Waals surface area contributed by atoms with Crippen LogP contribution in [-0.2, 0) is 11.3 Å². The number of hydrogen-bond acceptors (Lipinski definition) is 5. The van der Waals surface area contributed by atoms with Crippen LogP contribution in [0.3, 0.4) is 0 Å². The van der Waals surface area contributed by atoms with Gasteiger partial charge < -0.3 is 9.30 Å². The van der Waals surface area contributed by atoms with Crippen LogP contribution in [0.15, 0.2) is 54.1 Å². The van der Waals surface area contributed by atoms with Crippen LogP contribution < -0.4 is 5.43 Å². The molecule has 1 N–H and O–H groups in total. The molecule has 1 fully saturated rings. The maximum Gasteiger partial charge on any atom is 0.273 e. The maximum absolute atomic E-state index is 11.6. The van der Waals surface area contributed by atoms with Crippen molar-refractivity contribution in [2.24, 2.45) is 5.29 Å². The standard InChI is InChI=1S/C20H20N4O3/c25-20(22-23-26)16-3-1-14(2-4-16)13-24-8-5-17-11-18(12-21-19(17)24)15-6-9-27-10-7-15/h1-5,8,11-12,15H,6-7,9-10,13H2,(H,22,25,26). The molecule has 2 aromatic heterocycles. The average molecular weight is 364 g/mol. The Morgan fingerprint density at radius 3 is 2.74 bits per heavy atom. The number of amides is 1. The molecule has 3 heterocycles. The first-order valence-electron chi connectivity index (χ1n) is 8.99. The minimum atomic E-state index is -0.509. The van der Waals surface area contributed by atoms with Gasteiger partial charge in [0.1, 0.15) is 5.65 Å². The Hall–Kier alpha value is -3.06. The van der Waals surface area contributed by atoms with Crippen LogP contribution >= 0.6 is 0 Å². The number of nitroso groups, excluding NO2 is 1. The molecule has 1 amide bonds. The van der Waals surface area contributed by atoms with Crippen molar-refractivity contribution in [1.29, 1.82) is 0 Å². The van der Waals surface area contributed by atoms with E-state index < -0.39 is 5.91 Å². The average Bonchev–Trinajstić information content (AvgIpc) is 3.11. The minimum absolute atomic E-state index is 0.398. The lowest BCUT2D eigenvalue weighted by molar-refractivity contribution is 0.0853. The SMILES string of the molecule is O=NNC(=O)c1ccc(Cn2ccc3cc(C4CCOCC4)cnc32)cc1. The summed E-state index contributed by atoms with van der Waals surface area (Å²) in [6, 6.07) is 11.4. The van der Waals surface area contributed by atoms with Gasteiger partial charge in [0.15, 0.2) is 0 Å². The van der Waals surface area contributed by atoms with Crippen LogP contribution in [0.4, 0.5) is 0 Å². The third-order valence-corrected chi connectivity index (χ3v) is 5.03. The highest BCUT2D eigenvalue weighted by Crippen LogP contribution is 2.28. The van der Waals surface area contributed by atoms with Crippen molar-refractivity contribution in [3.63, 3.8) is 0 Å².